The van der Waals surface area contributed by atoms with Crippen molar-refractivity contribution in [1.29, 1.82) is 0 Å². The zero-order valence-corrected chi connectivity index (χ0v) is 14.2. The van der Waals surface area contributed by atoms with Gasteiger partial charge in [-0.15, -0.1) is 0 Å². The lowest BCUT2D eigenvalue weighted by molar-refractivity contribution is -0.150. The first-order chi connectivity index (χ1) is 12.2. The van der Waals surface area contributed by atoms with Crippen LogP contribution in [0.3, 0.4) is 0 Å². The Morgan fingerprint density at radius 3 is 2.04 bits per heavy atom. The zero-order chi connectivity index (χ0) is 17.3. The molecule has 1 atom stereocenters. The maximum absolute atomic E-state index is 13.1. The summed E-state index contributed by atoms with van der Waals surface area (Å²) in [4.78, 5) is 27.6. The van der Waals surface area contributed by atoms with Crippen LogP contribution < -0.4 is 5.32 Å². The predicted molar refractivity (Wildman–Crippen MR) is 95.9 cm³/mol. The topological polar surface area (TPSA) is 49.4 Å². The van der Waals surface area contributed by atoms with E-state index in [2.05, 4.69) is 34.5 Å². The number of imide groups is 1. The minimum absolute atomic E-state index is 0.140. The van der Waals surface area contributed by atoms with Gasteiger partial charge < -0.3 is 0 Å². The second kappa shape index (κ2) is 6.45. The predicted octanol–water partition coefficient (Wildman–Crippen LogP) is 2.33. The number of nitrogens with one attached hydrogen (secondary N) is 1. The molecule has 2 fully saturated rings. The smallest absolute Gasteiger partial charge is 0.247 e. The molecule has 2 aliphatic rings. The van der Waals surface area contributed by atoms with Gasteiger partial charge in [-0.3, -0.25) is 19.8 Å². The third-order valence-electron chi connectivity index (χ3n) is 5.44. The van der Waals surface area contributed by atoms with E-state index in [1.54, 1.807) is 0 Å². The molecule has 0 radical (unpaired) electrons. The number of hydrogen-bond donors (Lipinski definition) is 1. The summed E-state index contributed by atoms with van der Waals surface area (Å²) in [6, 6.07) is 20.0. The van der Waals surface area contributed by atoms with Crippen molar-refractivity contribution < 1.29 is 9.59 Å². The van der Waals surface area contributed by atoms with Gasteiger partial charge in [-0.05, 0) is 24.0 Å². The zero-order valence-electron chi connectivity index (χ0n) is 14.2. The molecule has 0 saturated carbocycles. The molecular weight excluding hydrogens is 312 g/mol. The molecule has 0 aromatic heterocycles. The molecule has 1 N–H and O–H groups in total. The van der Waals surface area contributed by atoms with Gasteiger partial charge in [0.2, 0.25) is 11.8 Å². The van der Waals surface area contributed by atoms with Crippen molar-refractivity contribution in [3.8, 4) is 0 Å². The Labute approximate surface area is 147 Å². The van der Waals surface area contributed by atoms with Crippen LogP contribution in [0.5, 0.6) is 0 Å². The second-order valence-electron chi connectivity index (χ2n) is 7.03. The van der Waals surface area contributed by atoms with Crippen LogP contribution in [-0.2, 0) is 22.4 Å². The number of hydrogen-bond acceptors (Lipinski definition) is 3. The summed E-state index contributed by atoms with van der Waals surface area (Å²) >= 11 is 0. The normalized spacial score (nSPS) is 22.5. The molecule has 2 aromatic carbocycles. The fraction of sp³-hybridized carbons (Fsp3) is 0.333. The molecule has 4 rings (SSSR count). The summed E-state index contributed by atoms with van der Waals surface area (Å²) in [5.74, 6) is -0.303. The molecule has 2 heterocycles. The van der Waals surface area contributed by atoms with Gasteiger partial charge in [-0.1, -0.05) is 60.7 Å². The lowest BCUT2D eigenvalue weighted by atomic mass is 9.80. The number of fused-ring (bicyclic) bond motifs is 1. The molecule has 0 spiro atoms. The highest BCUT2D eigenvalue weighted by Crippen LogP contribution is 2.36. The van der Waals surface area contributed by atoms with Gasteiger partial charge in [0, 0.05) is 19.4 Å². The molecule has 25 heavy (non-hydrogen) atoms. The van der Waals surface area contributed by atoms with Crippen molar-refractivity contribution in [2.75, 3.05) is 6.54 Å². The van der Waals surface area contributed by atoms with E-state index in [0.717, 1.165) is 30.5 Å². The highest BCUT2D eigenvalue weighted by Gasteiger charge is 2.54. The lowest BCUT2D eigenvalue weighted by Gasteiger charge is -2.46. The van der Waals surface area contributed by atoms with E-state index in [1.165, 1.54) is 0 Å². The van der Waals surface area contributed by atoms with Gasteiger partial charge in [0.15, 0.2) is 0 Å². The minimum Gasteiger partial charge on any atom is -0.293 e. The molecule has 2 aromatic rings. The fourth-order valence-corrected chi connectivity index (χ4v) is 4.29. The molecule has 0 bridgehead atoms. The van der Waals surface area contributed by atoms with Crippen molar-refractivity contribution in [3.05, 3.63) is 71.8 Å². The van der Waals surface area contributed by atoms with Gasteiger partial charge in [0.1, 0.15) is 5.54 Å². The Hall–Kier alpha value is -2.46. The van der Waals surface area contributed by atoms with Gasteiger partial charge in [0.05, 0.1) is 6.04 Å². The van der Waals surface area contributed by atoms with Crippen molar-refractivity contribution in [1.82, 2.24) is 10.2 Å². The van der Waals surface area contributed by atoms with Crippen molar-refractivity contribution in [2.24, 2.45) is 0 Å². The van der Waals surface area contributed by atoms with Crippen LogP contribution in [0.1, 0.15) is 24.0 Å². The first kappa shape index (κ1) is 16.0. The van der Waals surface area contributed by atoms with E-state index < -0.39 is 5.54 Å². The number of nitrogens with zero attached hydrogens (tertiary/aromatic N) is 1. The lowest BCUT2D eigenvalue weighted by Crippen LogP contribution is -2.70. The fourth-order valence-electron chi connectivity index (χ4n) is 4.29. The Morgan fingerprint density at radius 2 is 1.48 bits per heavy atom. The van der Waals surface area contributed by atoms with E-state index in [0.29, 0.717) is 12.8 Å². The molecular formula is C21H22N2O2. The third kappa shape index (κ3) is 2.87. The molecule has 0 unspecified atom stereocenters. The number of carbonyl (C=O) groups is 2. The molecule has 2 amide bonds. The van der Waals surface area contributed by atoms with Crippen molar-refractivity contribution in [3.63, 3.8) is 0 Å². The summed E-state index contributed by atoms with van der Waals surface area (Å²) in [6.07, 6.45) is 3.00. The van der Waals surface area contributed by atoms with Crippen molar-refractivity contribution >= 4 is 11.8 Å². The standard InChI is InChI=1S/C21H22N2O2/c24-19-18-12-7-13-23(18)21(20(25)22-19,14-16-8-3-1-4-9-16)15-17-10-5-2-6-11-17/h1-6,8-11,18H,7,12-15H2,(H,22,24,25)/t18-/m1/s1. The first-order valence-electron chi connectivity index (χ1n) is 8.89. The van der Waals surface area contributed by atoms with E-state index in [-0.39, 0.29) is 17.9 Å². The van der Waals surface area contributed by atoms with Crippen LogP contribution in [0.4, 0.5) is 0 Å². The first-order valence-corrected chi connectivity index (χ1v) is 8.89. The van der Waals surface area contributed by atoms with Crippen LogP contribution in [0.15, 0.2) is 60.7 Å². The van der Waals surface area contributed by atoms with E-state index >= 15 is 0 Å². The van der Waals surface area contributed by atoms with Gasteiger partial charge >= 0.3 is 0 Å². The highest BCUT2D eigenvalue weighted by atomic mass is 16.2. The largest absolute Gasteiger partial charge is 0.293 e. The summed E-state index contributed by atoms with van der Waals surface area (Å²) in [7, 11) is 0. The summed E-state index contributed by atoms with van der Waals surface area (Å²) in [6.45, 7) is 0.795. The number of carbonyl (C=O) groups excluding carboxylic acids is 2. The molecule has 2 saturated heterocycles. The van der Waals surface area contributed by atoms with Crippen molar-refractivity contribution in [2.45, 2.75) is 37.3 Å². The molecule has 4 heteroatoms. The van der Waals surface area contributed by atoms with Gasteiger partial charge in [-0.2, -0.15) is 0 Å². The van der Waals surface area contributed by atoms with E-state index in [1.807, 2.05) is 36.4 Å². The SMILES string of the molecule is O=C1NC(=O)C(Cc2ccccc2)(Cc2ccccc2)N2CCC[C@H]12. The average molecular weight is 334 g/mol. The van der Waals surface area contributed by atoms with E-state index in [4.69, 9.17) is 0 Å². The summed E-state index contributed by atoms with van der Waals surface area (Å²) in [5, 5.41) is 2.66. The average Bonchev–Trinajstić information content (AvgIpc) is 3.13. The van der Waals surface area contributed by atoms with Crippen LogP contribution in [-0.4, -0.2) is 34.8 Å². The summed E-state index contributed by atoms with van der Waals surface area (Å²) in [5.41, 5.74) is 1.53. The molecule has 0 aliphatic carbocycles. The number of amides is 2. The Balaban J connectivity index is 1.77. The number of rotatable bonds is 4. The van der Waals surface area contributed by atoms with Gasteiger partial charge in [-0.25, -0.2) is 0 Å². The Bertz CT molecular complexity index is 731. The number of piperazine rings is 1. The van der Waals surface area contributed by atoms with Crippen LogP contribution in [0.2, 0.25) is 0 Å². The molecule has 2 aliphatic heterocycles. The van der Waals surface area contributed by atoms with Crippen LogP contribution in [0.25, 0.3) is 0 Å². The molecule has 4 nitrogen and oxygen atoms in total. The second-order valence-corrected chi connectivity index (χ2v) is 7.03. The molecule has 128 valence electrons. The van der Waals surface area contributed by atoms with Crippen LogP contribution >= 0.6 is 0 Å². The summed E-state index contributed by atoms with van der Waals surface area (Å²) < 4.78 is 0. The van der Waals surface area contributed by atoms with E-state index in [9.17, 15) is 9.59 Å². The monoisotopic (exact) mass is 334 g/mol. The number of benzene rings is 2. The maximum atomic E-state index is 13.1. The third-order valence-corrected chi connectivity index (χ3v) is 5.44. The quantitative estimate of drug-likeness (QED) is 0.873. The maximum Gasteiger partial charge on any atom is 0.247 e. The minimum atomic E-state index is -0.711. The van der Waals surface area contributed by atoms with Gasteiger partial charge in [0.25, 0.3) is 0 Å². The Morgan fingerprint density at radius 1 is 0.920 bits per heavy atom. The Kier molecular flexibility index (Phi) is 4.14. The van der Waals surface area contributed by atoms with Crippen LogP contribution in [0, 0.1) is 0 Å². The highest BCUT2D eigenvalue weighted by molar-refractivity contribution is 6.05.